The van der Waals surface area contributed by atoms with Gasteiger partial charge in [-0.15, -0.1) is 0 Å². The van der Waals surface area contributed by atoms with Crippen LogP contribution in [-0.2, 0) is 11.3 Å². The minimum Gasteiger partial charge on any atom is -0.480 e. The van der Waals surface area contributed by atoms with Crippen LogP contribution in [0.3, 0.4) is 0 Å². The molecule has 0 saturated carbocycles. The maximum Gasteiger partial charge on any atom is 0.326 e. The molecular weight excluding hydrogens is 238 g/mol. The van der Waals surface area contributed by atoms with Crippen molar-refractivity contribution in [3.8, 4) is 0 Å². The Morgan fingerprint density at radius 1 is 1.56 bits per heavy atom. The highest BCUT2D eigenvalue weighted by molar-refractivity contribution is 5.82. The van der Waals surface area contributed by atoms with Crippen LogP contribution >= 0.6 is 0 Å². The van der Waals surface area contributed by atoms with Gasteiger partial charge < -0.3 is 20.3 Å². The van der Waals surface area contributed by atoms with Crippen molar-refractivity contribution in [2.45, 2.75) is 32.9 Å². The number of carbonyl (C=O) groups excluding carboxylic acids is 1. The number of aromatic nitrogens is 1. The largest absolute Gasteiger partial charge is 0.480 e. The molecule has 0 fully saturated rings. The molecule has 0 aliphatic heterocycles. The highest BCUT2D eigenvalue weighted by Gasteiger charge is 2.25. The number of urea groups is 1. The first-order chi connectivity index (χ1) is 8.54. The van der Waals surface area contributed by atoms with Crippen LogP contribution in [-0.4, -0.2) is 28.3 Å². The molecule has 0 radical (unpaired) electrons. The summed E-state index contributed by atoms with van der Waals surface area (Å²) in [6.45, 7) is 3.83. The fourth-order valence-corrected chi connectivity index (χ4v) is 1.37. The molecule has 3 N–H and O–H groups in total. The fraction of sp³-hybridized carbons (Fsp3) is 0.545. The van der Waals surface area contributed by atoms with Crippen molar-refractivity contribution in [3.05, 3.63) is 18.0 Å². The predicted octanol–water partition coefficient (Wildman–Crippen LogP) is 0.973. The van der Waals surface area contributed by atoms with E-state index < -0.39 is 18.0 Å². The van der Waals surface area contributed by atoms with Crippen LogP contribution in [0.5, 0.6) is 0 Å². The number of nitrogens with one attached hydrogen (secondary N) is 2. The maximum atomic E-state index is 11.5. The van der Waals surface area contributed by atoms with E-state index in [1.807, 2.05) is 6.92 Å². The first-order valence-corrected chi connectivity index (χ1v) is 5.71. The van der Waals surface area contributed by atoms with E-state index >= 15 is 0 Å². The van der Waals surface area contributed by atoms with Crippen LogP contribution < -0.4 is 10.6 Å². The van der Waals surface area contributed by atoms with E-state index in [9.17, 15) is 9.59 Å². The third kappa shape index (κ3) is 4.08. The molecule has 18 heavy (non-hydrogen) atoms. The number of carboxylic acids is 1. The zero-order valence-corrected chi connectivity index (χ0v) is 10.3. The smallest absolute Gasteiger partial charge is 0.326 e. The van der Waals surface area contributed by atoms with Gasteiger partial charge in [-0.3, -0.25) is 0 Å². The number of rotatable bonds is 6. The predicted molar refractivity (Wildman–Crippen MR) is 62.8 cm³/mol. The highest BCUT2D eigenvalue weighted by Crippen LogP contribution is 2.07. The van der Waals surface area contributed by atoms with Gasteiger partial charge in [0.05, 0.1) is 6.54 Å². The third-order valence-electron chi connectivity index (χ3n) is 2.69. The number of aliphatic carboxylic acids is 1. The van der Waals surface area contributed by atoms with Crippen LogP contribution in [0.4, 0.5) is 4.79 Å². The molecular formula is C11H17N3O4. The second kappa shape index (κ2) is 6.63. The van der Waals surface area contributed by atoms with E-state index in [1.54, 1.807) is 13.0 Å². The molecule has 2 amide bonds. The van der Waals surface area contributed by atoms with Crippen molar-refractivity contribution in [1.29, 1.82) is 0 Å². The number of hydrogen-bond donors (Lipinski definition) is 3. The summed E-state index contributed by atoms with van der Waals surface area (Å²) in [6.07, 6.45) is 2.06. The van der Waals surface area contributed by atoms with Crippen molar-refractivity contribution in [3.63, 3.8) is 0 Å². The molecule has 1 heterocycles. The lowest BCUT2D eigenvalue weighted by molar-refractivity contribution is -0.140. The molecule has 0 aliphatic carbocycles. The lowest BCUT2D eigenvalue weighted by atomic mass is 9.99. The Balaban J connectivity index is 2.44. The van der Waals surface area contributed by atoms with E-state index in [2.05, 4.69) is 20.3 Å². The van der Waals surface area contributed by atoms with Gasteiger partial charge >= 0.3 is 12.0 Å². The van der Waals surface area contributed by atoms with Crippen molar-refractivity contribution in [2.75, 3.05) is 0 Å². The number of carboxylic acid groups (broad SMARTS) is 1. The normalized spacial score (nSPS) is 13.7. The van der Waals surface area contributed by atoms with Crippen LogP contribution in [0.15, 0.2) is 16.9 Å². The van der Waals surface area contributed by atoms with Crippen molar-refractivity contribution in [1.82, 2.24) is 15.8 Å². The molecule has 0 spiro atoms. The zero-order chi connectivity index (χ0) is 13.5. The quantitative estimate of drug-likeness (QED) is 0.702. The van der Waals surface area contributed by atoms with Crippen molar-refractivity contribution < 1.29 is 19.2 Å². The first-order valence-electron chi connectivity index (χ1n) is 5.71. The summed E-state index contributed by atoms with van der Waals surface area (Å²) in [5.74, 6) is -1.18. The zero-order valence-electron chi connectivity index (χ0n) is 10.3. The second-order valence-electron chi connectivity index (χ2n) is 4.02. The molecule has 0 aromatic carbocycles. The average Bonchev–Trinajstić information content (AvgIpc) is 2.85. The molecule has 1 rings (SSSR count). The number of nitrogens with zero attached hydrogens (tertiary/aromatic N) is 1. The van der Waals surface area contributed by atoms with Crippen LogP contribution in [0.2, 0.25) is 0 Å². The topological polar surface area (TPSA) is 104 Å². The third-order valence-corrected chi connectivity index (χ3v) is 2.69. The standard InChI is InChI=1S/C11H17N3O4/c1-3-7(2)9(10(15)16)13-11(17)12-6-8-4-5-18-14-8/h4-5,7,9H,3,6H2,1-2H3,(H,15,16)(H2,12,13,17). The summed E-state index contributed by atoms with van der Waals surface area (Å²) in [5.41, 5.74) is 0.570. The molecule has 2 unspecified atom stereocenters. The molecule has 1 aromatic heterocycles. The Labute approximate surface area is 105 Å². The van der Waals surface area contributed by atoms with Crippen molar-refractivity contribution >= 4 is 12.0 Å². The summed E-state index contributed by atoms with van der Waals surface area (Å²) < 4.78 is 4.61. The maximum absolute atomic E-state index is 11.5. The Bertz CT molecular complexity index is 391. The molecule has 100 valence electrons. The molecule has 0 bridgehead atoms. The Kier molecular flexibility index (Phi) is 5.16. The lowest BCUT2D eigenvalue weighted by Crippen LogP contribution is -2.48. The molecule has 7 heteroatoms. The first kappa shape index (κ1) is 14.0. The van der Waals surface area contributed by atoms with Crippen molar-refractivity contribution in [2.24, 2.45) is 5.92 Å². The van der Waals surface area contributed by atoms with Gasteiger partial charge in [0.2, 0.25) is 0 Å². The number of amides is 2. The minimum atomic E-state index is -1.04. The summed E-state index contributed by atoms with van der Waals surface area (Å²) in [6, 6.07) is 0.182. The van der Waals surface area contributed by atoms with Crippen LogP contribution in [0, 0.1) is 5.92 Å². The summed E-state index contributed by atoms with van der Waals surface area (Å²) in [7, 11) is 0. The Hall–Kier alpha value is -2.05. The molecule has 0 saturated heterocycles. The summed E-state index contributed by atoms with van der Waals surface area (Å²) in [4.78, 5) is 22.5. The molecule has 7 nitrogen and oxygen atoms in total. The van der Waals surface area contributed by atoms with Gasteiger partial charge in [0.25, 0.3) is 0 Å². The summed E-state index contributed by atoms with van der Waals surface area (Å²) in [5, 5.41) is 17.6. The number of carbonyl (C=O) groups is 2. The highest BCUT2D eigenvalue weighted by atomic mass is 16.5. The monoisotopic (exact) mass is 255 g/mol. The van der Waals surface area contributed by atoms with Gasteiger partial charge in [-0.05, 0) is 5.92 Å². The molecule has 2 atom stereocenters. The van der Waals surface area contributed by atoms with Crippen LogP contribution in [0.1, 0.15) is 26.0 Å². The summed E-state index contributed by atoms with van der Waals surface area (Å²) >= 11 is 0. The lowest BCUT2D eigenvalue weighted by Gasteiger charge is -2.20. The van der Waals surface area contributed by atoms with E-state index in [0.717, 1.165) is 0 Å². The van der Waals surface area contributed by atoms with Gasteiger partial charge in [-0.1, -0.05) is 25.4 Å². The van der Waals surface area contributed by atoms with E-state index in [0.29, 0.717) is 12.1 Å². The van der Waals surface area contributed by atoms with E-state index in [1.165, 1.54) is 6.26 Å². The molecule has 0 aliphatic rings. The SMILES string of the molecule is CCC(C)C(NC(=O)NCc1ccon1)C(=O)O. The fourth-order valence-electron chi connectivity index (χ4n) is 1.37. The average molecular weight is 255 g/mol. The Morgan fingerprint density at radius 2 is 2.28 bits per heavy atom. The van der Waals surface area contributed by atoms with Crippen LogP contribution in [0.25, 0.3) is 0 Å². The minimum absolute atomic E-state index is 0.139. The Morgan fingerprint density at radius 3 is 2.78 bits per heavy atom. The van der Waals surface area contributed by atoms with Gasteiger partial charge in [-0.2, -0.15) is 0 Å². The van der Waals surface area contributed by atoms with Gasteiger partial charge in [-0.25, -0.2) is 9.59 Å². The second-order valence-corrected chi connectivity index (χ2v) is 4.02. The van der Waals surface area contributed by atoms with Gasteiger partial charge in [0, 0.05) is 6.07 Å². The van der Waals surface area contributed by atoms with Gasteiger partial charge in [0.15, 0.2) is 0 Å². The number of hydrogen-bond acceptors (Lipinski definition) is 4. The van der Waals surface area contributed by atoms with E-state index in [-0.39, 0.29) is 12.5 Å². The van der Waals surface area contributed by atoms with E-state index in [4.69, 9.17) is 5.11 Å². The molecule has 1 aromatic rings. The van der Waals surface area contributed by atoms with Gasteiger partial charge in [0.1, 0.15) is 18.0 Å².